The lowest BCUT2D eigenvalue weighted by Crippen LogP contribution is -2.40. The summed E-state index contributed by atoms with van der Waals surface area (Å²) in [7, 11) is 0. The first-order valence-electron chi connectivity index (χ1n) is 6.05. The lowest BCUT2D eigenvalue weighted by Gasteiger charge is -2.16. The molecule has 20 heavy (non-hydrogen) atoms. The molecule has 0 saturated carbocycles. The number of carbonyl (C=O) groups excluding carboxylic acids is 2. The van der Waals surface area contributed by atoms with E-state index in [1.807, 2.05) is 0 Å². The fourth-order valence-electron chi connectivity index (χ4n) is 1.50. The summed E-state index contributed by atoms with van der Waals surface area (Å²) in [5, 5.41) is 13.5. The first kappa shape index (κ1) is 15.6. The molecule has 1 aromatic rings. The van der Waals surface area contributed by atoms with Gasteiger partial charge in [-0.3, -0.25) is 19.7 Å². The Balaban J connectivity index is 2.97. The highest BCUT2D eigenvalue weighted by Crippen LogP contribution is 2.28. The number of hydrogen-bond donors (Lipinski definition) is 1. The van der Waals surface area contributed by atoms with E-state index in [0.29, 0.717) is 6.29 Å². The monoisotopic (exact) mass is 280 g/mol. The van der Waals surface area contributed by atoms with Crippen LogP contribution in [-0.4, -0.2) is 29.3 Å². The minimum absolute atomic E-state index is 0.0650. The fraction of sp³-hybridized carbons (Fsp3) is 0.385. The van der Waals surface area contributed by atoms with Crippen molar-refractivity contribution in [3.05, 3.63) is 33.9 Å². The van der Waals surface area contributed by atoms with Crippen molar-refractivity contribution in [1.82, 2.24) is 5.32 Å². The highest BCUT2D eigenvalue weighted by Gasteiger charge is 2.21. The predicted molar refractivity (Wildman–Crippen MR) is 71.9 cm³/mol. The van der Waals surface area contributed by atoms with E-state index in [2.05, 4.69) is 5.32 Å². The second kappa shape index (κ2) is 6.65. The minimum atomic E-state index is -0.905. The first-order chi connectivity index (χ1) is 9.35. The van der Waals surface area contributed by atoms with Gasteiger partial charge in [-0.15, -0.1) is 0 Å². The molecule has 108 valence electrons. The lowest BCUT2D eigenvalue weighted by molar-refractivity contribution is -0.386. The summed E-state index contributed by atoms with van der Waals surface area (Å²) in [6, 6.07) is 3.66. The summed E-state index contributed by atoms with van der Waals surface area (Å²) in [4.78, 5) is 32.7. The number of nitro benzene ring substituents is 1. The predicted octanol–water partition coefficient (Wildman–Crippen LogP) is 1.70. The standard InChI is InChI=1S/C13H16N2O5/c1-8(2)14-13(17)9(3)20-12-6-10(7-16)4-5-11(12)15(18)19/h4-9H,1-3H3,(H,14,17). The van der Waals surface area contributed by atoms with Crippen molar-refractivity contribution >= 4 is 17.9 Å². The molecule has 0 spiro atoms. The van der Waals surface area contributed by atoms with Crippen LogP contribution in [0, 0.1) is 10.1 Å². The van der Waals surface area contributed by atoms with E-state index in [9.17, 15) is 19.7 Å². The Labute approximate surface area is 116 Å². The van der Waals surface area contributed by atoms with Gasteiger partial charge in [0.05, 0.1) is 4.92 Å². The Morgan fingerprint density at radius 3 is 2.55 bits per heavy atom. The molecule has 0 heterocycles. The molecule has 0 aromatic heterocycles. The van der Waals surface area contributed by atoms with Gasteiger partial charge in [0.25, 0.3) is 5.91 Å². The number of nitro groups is 1. The normalized spacial score (nSPS) is 11.8. The third kappa shape index (κ3) is 4.04. The topological polar surface area (TPSA) is 98.5 Å². The first-order valence-corrected chi connectivity index (χ1v) is 6.05. The number of rotatable bonds is 6. The van der Waals surface area contributed by atoms with Crippen LogP contribution in [0.15, 0.2) is 18.2 Å². The summed E-state index contributed by atoms with van der Waals surface area (Å²) in [6.45, 7) is 5.06. The van der Waals surface area contributed by atoms with Gasteiger partial charge in [-0.05, 0) is 32.9 Å². The highest BCUT2D eigenvalue weighted by molar-refractivity contribution is 5.81. The zero-order chi connectivity index (χ0) is 15.3. The van der Waals surface area contributed by atoms with Crippen molar-refractivity contribution in [2.75, 3.05) is 0 Å². The molecule has 1 rings (SSSR count). The lowest BCUT2D eigenvalue weighted by atomic mass is 10.2. The second-order valence-corrected chi connectivity index (χ2v) is 4.53. The molecule has 0 saturated heterocycles. The maximum absolute atomic E-state index is 11.7. The van der Waals surface area contributed by atoms with Crippen molar-refractivity contribution in [3.8, 4) is 5.75 Å². The number of nitrogens with zero attached hydrogens (tertiary/aromatic N) is 1. The Hall–Kier alpha value is -2.44. The van der Waals surface area contributed by atoms with E-state index >= 15 is 0 Å². The molecule has 7 nitrogen and oxygen atoms in total. The Morgan fingerprint density at radius 2 is 2.05 bits per heavy atom. The fourth-order valence-corrected chi connectivity index (χ4v) is 1.50. The average molecular weight is 280 g/mol. The number of nitrogens with one attached hydrogen (secondary N) is 1. The molecule has 1 atom stereocenters. The molecular weight excluding hydrogens is 264 g/mol. The summed E-state index contributed by atoms with van der Waals surface area (Å²) in [6.07, 6.45) is -0.354. The van der Waals surface area contributed by atoms with Gasteiger partial charge in [0, 0.05) is 17.7 Å². The van der Waals surface area contributed by atoms with Crippen LogP contribution in [0.4, 0.5) is 5.69 Å². The van der Waals surface area contributed by atoms with E-state index in [-0.39, 0.29) is 28.9 Å². The number of aldehydes is 1. The van der Waals surface area contributed by atoms with E-state index in [4.69, 9.17) is 4.74 Å². The summed E-state index contributed by atoms with van der Waals surface area (Å²) in [5.74, 6) is -0.489. The van der Waals surface area contributed by atoms with Crippen molar-refractivity contribution in [3.63, 3.8) is 0 Å². The molecule has 7 heteroatoms. The Kier molecular flexibility index (Phi) is 5.19. The smallest absolute Gasteiger partial charge is 0.310 e. The molecule has 1 unspecified atom stereocenters. The van der Waals surface area contributed by atoms with Crippen LogP contribution in [0.5, 0.6) is 5.75 Å². The van der Waals surface area contributed by atoms with E-state index in [1.165, 1.54) is 25.1 Å². The second-order valence-electron chi connectivity index (χ2n) is 4.53. The highest BCUT2D eigenvalue weighted by atomic mass is 16.6. The number of benzene rings is 1. The molecule has 0 fully saturated rings. The van der Waals surface area contributed by atoms with Crippen LogP contribution in [0.3, 0.4) is 0 Å². The van der Waals surface area contributed by atoms with Crippen LogP contribution in [0.2, 0.25) is 0 Å². The van der Waals surface area contributed by atoms with Crippen LogP contribution < -0.4 is 10.1 Å². The molecule has 0 aliphatic heterocycles. The third-order valence-corrected chi connectivity index (χ3v) is 2.42. The van der Waals surface area contributed by atoms with E-state index in [0.717, 1.165) is 0 Å². The third-order valence-electron chi connectivity index (χ3n) is 2.42. The number of amides is 1. The Morgan fingerprint density at radius 1 is 1.40 bits per heavy atom. The van der Waals surface area contributed by atoms with Gasteiger partial charge in [0.15, 0.2) is 11.9 Å². The van der Waals surface area contributed by atoms with Crippen molar-refractivity contribution in [2.24, 2.45) is 0 Å². The van der Waals surface area contributed by atoms with Crippen molar-refractivity contribution in [2.45, 2.75) is 32.9 Å². The van der Waals surface area contributed by atoms with Gasteiger partial charge in [-0.1, -0.05) is 0 Å². The quantitative estimate of drug-likeness (QED) is 0.485. The van der Waals surface area contributed by atoms with Gasteiger partial charge in [0.2, 0.25) is 0 Å². The Bertz CT molecular complexity index is 527. The van der Waals surface area contributed by atoms with Gasteiger partial charge in [0.1, 0.15) is 6.29 Å². The number of carbonyl (C=O) groups is 2. The van der Waals surface area contributed by atoms with Gasteiger partial charge in [-0.2, -0.15) is 0 Å². The molecule has 1 N–H and O–H groups in total. The molecule has 1 aromatic carbocycles. The zero-order valence-electron chi connectivity index (χ0n) is 11.5. The number of ether oxygens (including phenoxy) is 1. The summed E-state index contributed by atoms with van der Waals surface area (Å²) < 4.78 is 5.30. The van der Waals surface area contributed by atoms with Crippen LogP contribution in [0.25, 0.3) is 0 Å². The van der Waals surface area contributed by atoms with Crippen molar-refractivity contribution < 1.29 is 19.2 Å². The van der Waals surface area contributed by atoms with Gasteiger partial charge < -0.3 is 10.1 Å². The maximum Gasteiger partial charge on any atom is 0.310 e. The molecule has 1 amide bonds. The number of hydrogen-bond acceptors (Lipinski definition) is 5. The van der Waals surface area contributed by atoms with Gasteiger partial charge >= 0.3 is 5.69 Å². The van der Waals surface area contributed by atoms with Crippen molar-refractivity contribution in [1.29, 1.82) is 0 Å². The molecule has 0 bridgehead atoms. The minimum Gasteiger partial charge on any atom is -0.474 e. The van der Waals surface area contributed by atoms with Crippen LogP contribution in [-0.2, 0) is 4.79 Å². The van der Waals surface area contributed by atoms with Gasteiger partial charge in [-0.25, -0.2) is 0 Å². The van der Waals surface area contributed by atoms with E-state index < -0.39 is 11.0 Å². The zero-order valence-corrected chi connectivity index (χ0v) is 11.5. The molecule has 0 aliphatic rings. The summed E-state index contributed by atoms with van der Waals surface area (Å²) in [5.41, 5.74) is -0.0538. The maximum atomic E-state index is 11.7. The van der Waals surface area contributed by atoms with Crippen LogP contribution in [0.1, 0.15) is 31.1 Å². The molecule has 0 aliphatic carbocycles. The van der Waals surface area contributed by atoms with Crippen LogP contribution >= 0.6 is 0 Å². The molecule has 0 radical (unpaired) electrons. The summed E-state index contributed by atoms with van der Waals surface area (Å²) >= 11 is 0. The average Bonchev–Trinajstić information content (AvgIpc) is 2.37. The molecular formula is C13H16N2O5. The van der Waals surface area contributed by atoms with E-state index in [1.54, 1.807) is 13.8 Å². The largest absolute Gasteiger partial charge is 0.474 e. The SMILES string of the molecule is CC(C)NC(=O)C(C)Oc1cc(C=O)ccc1[N+](=O)[O-].